The van der Waals surface area contributed by atoms with Crippen molar-refractivity contribution in [2.45, 2.75) is 51.9 Å². The van der Waals surface area contributed by atoms with Gasteiger partial charge in [0.05, 0.1) is 11.1 Å². The molecule has 0 amide bonds. The minimum absolute atomic E-state index is 0.378. The molecule has 0 spiro atoms. The molecule has 1 heterocycles. The van der Waals surface area contributed by atoms with Gasteiger partial charge in [-0.3, -0.25) is 0 Å². The van der Waals surface area contributed by atoms with Gasteiger partial charge >= 0.3 is 0 Å². The molecule has 2 nitrogen and oxygen atoms in total. The van der Waals surface area contributed by atoms with Gasteiger partial charge in [-0.25, -0.2) is 0 Å². The quantitative estimate of drug-likeness (QED) is 0.700. The Hall–Kier alpha value is -0.570. The average Bonchev–Trinajstić information content (AvgIpc) is 2.58. The molecular formula is C11H19NOS. The van der Waals surface area contributed by atoms with Crippen LogP contribution in [-0.4, -0.2) is 9.48 Å². The highest BCUT2D eigenvalue weighted by atomic mass is 32.1. The summed E-state index contributed by atoms with van der Waals surface area (Å²) in [4.78, 5) is 0. The summed E-state index contributed by atoms with van der Waals surface area (Å²) in [6.45, 7) is 2.23. The molecule has 1 aromatic rings. The maximum atomic E-state index is 9.34. The van der Waals surface area contributed by atoms with Gasteiger partial charge in [-0.15, -0.1) is 0 Å². The van der Waals surface area contributed by atoms with Crippen LogP contribution >= 0.6 is 11.5 Å². The summed E-state index contributed by atoms with van der Waals surface area (Å²) in [5.74, 6) is 0.378. The molecule has 0 unspecified atom stereocenters. The lowest BCUT2D eigenvalue weighted by Gasteiger charge is -1.99. The maximum absolute atomic E-state index is 9.34. The third-order valence-electron chi connectivity index (χ3n) is 2.39. The lowest BCUT2D eigenvalue weighted by Crippen LogP contribution is -1.86. The van der Waals surface area contributed by atoms with E-state index < -0.39 is 0 Å². The molecule has 0 aromatic carbocycles. The fraction of sp³-hybridized carbons (Fsp3) is 0.727. The van der Waals surface area contributed by atoms with Crippen LogP contribution in [0.4, 0.5) is 0 Å². The van der Waals surface area contributed by atoms with E-state index in [0.29, 0.717) is 5.75 Å². The second-order valence-electron chi connectivity index (χ2n) is 3.66. The van der Waals surface area contributed by atoms with E-state index >= 15 is 0 Å². The zero-order chi connectivity index (χ0) is 10.2. The molecule has 1 aromatic heterocycles. The second kappa shape index (κ2) is 6.82. The van der Waals surface area contributed by atoms with Gasteiger partial charge in [-0.1, -0.05) is 39.0 Å². The van der Waals surface area contributed by atoms with Gasteiger partial charge in [0.1, 0.15) is 5.75 Å². The maximum Gasteiger partial charge on any atom is 0.149 e. The summed E-state index contributed by atoms with van der Waals surface area (Å²) in [5, 5.41) is 11.0. The zero-order valence-corrected chi connectivity index (χ0v) is 9.65. The van der Waals surface area contributed by atoms with Crippen molar-refractivity contribution >= 4 is 11.5 Å². The first-order valence-corrected chi connectivity index (χ1v) is 6.30. The van der Waals surface area contributed by atoms with E-state index in [1.165, 1.54) is 43.6 Å². The van der Waals surface area contributed by atoms with E-state index in [9.17, 15) is 5.11 Å². The molecule has 0 aliphatic rings. The van der Waals surface area contributed by atoms with Gasteiger partial charge in [-0.2, -0.15) is 4.37 Å². The highest BCUT2D eigenvalue weighted by Crippen LogP contribution is 2.20. The molecule has 0 saturated carbocycles. The number of rotatable bonds is 7. The van der Waals surface area contributed by atoms with Crippen molar-refractivity contribution in [3.05, 3.63) is 11.1 Å². The van der Waals surface area contributed by atoms with Crippen LogP contribution < -0.4 is 0 Å². The van der Waals surface area contributed by atoms with Gasteiger partial charge in [-0.05, 0) is 24.4 Å². The van der Waals surface area contributed by atoms with Gasteiger partial charge in [0, 0.05) is 0 Å². The zero-order valence-electron chi connectivity index (χ0n) is 8.83. The molecule has 14 heavy (non-hydrogen) atoms. The van der Waals surface area contributed by atoms with E-state index in [0.717, 1.165) is 18.5 Å². The molecule has 1 rings (SSSR count). The Kier molecular flexibility index (Phi) is 5.60. The molecule has 0 radical (unpaired) electrons. The van der Waals surface area contributed by atoms with E-state index in [2.05, 4.69) is 11.3 Å². The molecular weight excluding hydrogens is 194 g/mol. The smallest absolute Gasteiger partial charge is 0.149 e. The molecule has 0 fully saturated rings. The van der Waals surface area contributed by atoms with Crippen molar-refractivity contribution in [3.63, 3.8) is 0 Å². The Bertz CT molecular complexity index is 247. The molecule has 0 aliphatic heterocycles. The minimum atomic E-state index is 0.378. The summed E-state index contributed by atoms with van der Waals surface area (Å²) < 4.78 is 4.14. The molecule has 0 atom stereocenters. The number of unbranched alkanes of at least 4 members (excludes halogenated alkanes) is 5. The minimum Gasteiger partial charge on any atom is -0.505 e. The predicted molar refractivity (Wildman–Crippen MR) is 60.9 cm³/mol. The molecule has 3 heteroatoms. The van der Waals surface area contributed by atoms with Crippen LogP contribution in [-0.2, 0) is 6.42 Å². The largest absolute Gasteiger partial charge is 0.505 e. The second-order valence-corrected chi connectivity index (χ2v) is 4.29. The Morgan fingerprint density at radius 2 is 1.93 bits per heavy atom. The van der Waals surface area contributed by atoms with E-state index in [-0.39, 0.29) is 0 Å². The van der Waals surface area contributed by atoms with Crippen LogP contribution in [0, 0.1) is 0 Å². The van der Waals surface area contributed by atoms with Gasteiger partial charge in [0.25, 0.3) is 0 Å². The third kappa shape index (κ3) is 4.09. The Morgan fingerprint density at radius 1 is 1.21 bits per heavy atom. The Balaban J connectivity index is 2.02. The summed E-state index contributed by atoms with van der Waals surface area (Å²) in [6, 6.07) is 0. The van der Waals surface area contributed by atoms with E-state index in [1.807, 2.05) is 0 Å². The lowest BCUT2D eigenvalue weighted by atomic mass is 10.1. The monoisotopic (exact) mass is 213 g/mol. The molecule has 0 saturated heterocycles. The van der Waals surface area contributed by atoms with Crippen molar-refractivity contribution < 1.29 is 5.11 Å². The van der Waals surface area contributed by atoms with Crippen LogP contribution in [0.15, 0.2) is 5.38 Å². The van der Waals surface area contributed by atoms with Crippen molar-refractivity contribution in [2.24, 2.45) is 0 Å². The standard InChI is InChI=1S/C11H19NOS/c1-2-3-4-5-6-7-8-10-11(13)9-14-12-10/h9,13H,2-8H2,1H3. The first-order chi connectivity index (χ1) is 6.84. The van der Waals surface area contributed by atoms with Crippen LogP contribution in [0.2, 0.25) is 0 Å². The highest BCUT2D eigenvalue weighted by Gasteiger charge is 2.02. The van der Waals surface area contributed by atoms with Gasteiger partial charge in [0.2, 0.25) is 0 Å². The van der Waals surface area contributed by atoms with Crippen molar-refractivity contribution in [3.8, 4) is 5.75 Å². The van der Waals surface area contributed by atoms with Gasteiger partial charge in [0.15, 0.2) is 0 Å². The Morgan fingerprint density at radius 3 is 2.57 bits per heavy atom. The first-order valence-electron chi connectivity index (χ1n) is 5.46. The topological polar surface area (TPSA) is 33.1 Å². The van der Waals surface area contributed by atoms with Crippen LogP contribution in [0.5, 0.6) is 5.75 Å². The fourth-order valence-electron chi connectivity index (χ4n) is 1.50. The van der Waals surface area contributed by atoms with Crippen LogP contribution in [0.1, 0.15) is 51.1 Å². The van der Waals surface area contributed by atoms with E-state index in [1.54, 1.807) is 5.38 Å². The number of hydrogen-bond donors (Lipinski definition) is 1. The normalized spacial score (nSPS) is 10.6. The fourth-order valence-corrected chi connectivity index (χ4v) is 2.10. The summed E-state index contributed by atoms with van der Waals surface area (Å²) in [6.07, 6.45) is 8.66. The molecule has 80 valence electrons. The highest BCUT2D eigenvalue weighted by molar-refractivity contribution is 7.03. The number of aromatic hydroxyl groups is 1. The lowest BCUT2D eigenvalue weighted by molar-refractivity contribution is 0.466. The van der Waals surface area contributed by atoms with Crippen molar-refractivity contribution in [1.82, 2.24) is 4.37 Å². The third-order valence-corrected chi connectivity index (χ3v) is 3.04. The Labute approximate surface area is 90.1 Å². The molecule has 0 aliphatic carbocycles. The van der Waals surface area contributed by atoms with Crippen LogP contribution in [0.25, 0.3) is 0 Å². The SMILES string of the molecule is CCCCCCCCc1nscc1O. The summed E-state index contributed by atoms with van der Waals surface area (Å²) >= 11 is 1.34. The average molecular weight is 213 g/mol. The number of aromatic nitrogens is 1. The summed E-state index contributed by atoms with van der Waals surface area (Å²) in [7, 11) is 0. The predicted octanol–water partition coefficient (Wildman–Crippen LogP) is 3.75. The number of nitrogens with zero attached hydrogens (tertiary/aromatic N) is 1. The molecule has 1 N–H and O–H groups in total. The van der Waals surface area contributed by atoms with Crippen molar-refractivity contribution in [1.29, 1.82) is 0 Å². The number of hydrogen-bond acceptors (Lipinski definition) is 3. The molecule has 0 bridgehead atoms. The first kappa shape index (κ1) is 11.5. The van der Waals surface area contributed by atoms with E-state index in [4.69, 9.17) is 0 Å². The van der Waals surface area contributed by atoms with Crippen LogP contribution in [0.3, 0.4) is 0 Å². The van der Waals surface area contributed by atoms with Crippen molar-refractivity contribution in [2.75, 3.05) is 0 Å². The van der Waals surface area contributed by atoms with Gasteiger partial charge < -0.3 is 5.11 Å². The number of aryl methyl sites for hydroxylation is 1. The summed E-state index contributed by atoms with van der Waals surface area (Å²) in [5.41, 5.74) is 0.880.